The van der Waals surface area contributed by atoms with Crippen molar-refractivity contribution in [3.63, 3.8) is 0 Å². The Kier molecular flexibility index (Phi) is 6.83. The molecule has 156 valence electrons. The van der Waals surface area contributed by atoms with Gasteiger partial charge in [-0.2, -0.15) is 4.31 Å². The van der Waals surface area contributed by atoms with Crippen LogP contribution in [0.1, 0.15) is 34.5 Å². The van der Waals surface area contributed by atoms with E-state index in [9.17, 15) is 13.2 Å². The average molecular weight is 464 g/mol. The van der Waals surface area contributed by atoms with Gasteiger partial charge in [0.25, 0.3) is 0 Å². The SMILES string of the molecule is C[C@@H](c1ccc(Cl)cc1)N(Cc1ccc(C(=O)O)cc1)S(=O)(=O)c1ccc(Cl)cc1. The highest BCUT2D eigenvalue weighted by Crippen LogP contribution is 2.30. The van der Waals surface area contributed by atoms with Crippen LogP contribution in [0, 0.1) is 0 Å². The van der Waals surface area contributed by atoms with Crippen LogP contribution in [-0.4, -0.2) is 23.8 Å². The molecule has 0 heterocycles. The molecule has 1 atom stereocenters. The van der Waals surface area contributed by atoms with Crippen molar-refractivity contribution in [3.8, 4) is 0 Å². The second-order valence-corrected chi connectivity index (χ2v) is 9.50. The predicted octanol–water partition coefficient (Wildman–Crippen LogP) is 5.64. The highest BCUT2D eigenvalue weighted by Gasteiger charge is 2.30. The van der Waals surface area contributed by atoms with Crippen molar-refractivity contribution in [2.45, 2.75) is 24.4 Å². The fraction of sp³-hybridized carbons (Fsp3) is 0.136. The van der Waals surface area contributed by atoms with Crippen molar-refractivity contribution >= 4 is 39.2 Å². The third-order valence-corrected chi connectivity index (χ3v) is 7.18. The molecule has 0 aromatic heterocycles. The molecule has 1 N–H and O–H groups in total. The topological polar surface area (TPSA) is 74.7 Å². The van der Waals surface area contributed by atoms with Gasteiger partial charge >= 0.3 is 5.97 Å². The van der Waals surface area contributed by atoms with Crippen molar-refractivity contribution in [2.24, 2.45) is 0 Å². The number of sulfonamides is 1. The summed E-state index contributed by atoms with van der Waals surface area (Å²) in [5.41, 5.74) is 1.58. The zero-order valence-corrected chi connectivity index (χ0v) is 18.3. The fourth-order valence-corrected chi connectivity index (χ4v) is 4.87. The van der Waals surface area contributed by atoms with Gasteiger partial charge in [-0.15, -0.1) is 0 Å². The lowest BCUT2D eigenvalue weighted by molar-refractivity contribution is 0.0697. The minimum Gasteiger partial charge on any atom is -0.478 e. The number of carboxylic acid groups (broad SMARTS) is 1. The molecule has 0 fully saturated rings. The number of benzene rings is 3. The van der Waals surface area contributed by atoms with Crippen molar-refractivity contribution in [2.75, 3.05) is 0 Å². The van der Waals surface area contributed by atoms with Crippen molar-refractivity contribution < 1.29 is 18.3 Å². The lowest BCUT2D eigenvalue weighted by Gasteiger charge is -2.29. The minimum absolute atomic E-state index is 0.0641. The van der Waals surface area contributed by atoms with Gasteiger partial charge in [0.1, 0.15) is 0 Å². The van der Waals surface area contributed by atoms with Crippen LogP contribution >= 0.6 is 23.2 Å². The second kappa shape index (κ2) is 9.18. The molecule has 5 nitrogen and oxygen atoms in total. The number of halogens is 2. The zero-order chi connectivity index (χ0) is 21.9. The minimum atomic E-state index is -3.87. The average Bonchev–Trinajstić information content (AvgIpc) is 2.72. The van der Waals surface area contributed by atoms with E-state index in [4.69, 9.17) is 28.3 Å². The maximum Gasteiger partial charge on any atom is 0.335 e. The Morgan fingerprint density at radius 2 is 1.40 bits per heavy atom. The second-order valence-electron chi connectivity index (χ2n) is 6.73. The van der Waals surface area contributed by atoms with E-state index >= 15 is 0 Å². The summed E-state index contributed by atoms with van der Waals surface area (Å²) < 4.78 is 28.3. The summed E-state index contributed by atoms with van der Waals surface area (Å²) in [6, 6.07) is 18.6. The molecule has 3 rings (SSSR count). The summed E-state index contributed by atoms with van der Waals surface area (Å²) in [4.78, 5) is 11.2. The Balaban J connectivity index is 2.02. The van der Waals surface area contributed by atoms with E-state index in [-0.39, 0.29) is 17.0 Å². The van der Waals surface area contributed by atoms with Gasteiger partial charge in [0.05, 0.1) is 10.5 Å². The lowest BCUT2D eigenvalue weighted by Crippen LogP contribution is -2.33. The molecule has 0 saturated carbocycles. The summed E-state index contributed by atoms with van der Waals surface area (Å²) in [5.74, 6) is -1.04. The van der Waals surface area contributed by atoms with Gasteiger partial charge in [-0.3, -0.25) is 0 Å². The van der Waals surface area contributed by atoms with Gasteiger partial charge in [0, 0.05) is 22.6 Å². The first kappa shape index (κ1) is 22.3. The van der Waals surface area contributed by atoms with Crippen LogP contribution in [0.25, 0.3) is 0 Å². The fourth-order valence-electron chi connectivity index (χ4n) is 3.01. The summed E-state index contributed by atoms with van der Waals surface area (Å²) in [5, 5.41) is 10.1. The molecule has 0 amide bonds. The molecule has 0 unspecified atom stereocenters. The molecule has 0 aliphatic heterocycles. The maximum atomic E-state index is 13.5. The van der Waals surface area contributed by atoms with Crippen molar-refractivity contribution in [3.05, 3.63) is 99.5 Å². The zero-order valence-electron chi connectivity index (χ0n) is 16.0. The van der Waals surface area contributed by atoms with Crippen molar-refractivity contribution in [1.29, 1.82) is 0 Å². The van der Waals surface area contributed by atoms with Gasteiger partial charge in [-0.25, -0.2) is 13.2 Å². The molecule has 0 spiro atoms. The van der Waals surface area contributed by atoms with Gasteiger partial charge in [-0.1, -0.05) is 47.5 Å². The first-order valence-corrected chi connectivity index (χ1v) is 11.2. The van der Waals surface area contributed by atoms with E-state index in [0.29, 0.717) is 15.6 Å². The van der Waals surface area contributed by atoms with E-state index in [1.54, 1.807) is 43.3 Å². The van der Waals surface area contributed by atoms with Crippen LogP contribution in [-0.2, 0) is 16.6 Å². The Hall–Kier alpha value is -2.38. The van der Waals surface area contributed by atoms with Crippen LogP contribution in [0.2, 0.25) is 10.0 Å². The van der Waals surface area contributed by atoms with Crippen LogP contribution in [0.15, 0.2) is 77.7 Å². The third kappa shape index (κ3) is 5.02. The standard InChI is InChI=1S/C22H19Cl2NO4S/c1-15(17-6-8-19(23)9-7-17)25(14-16-2-4-18(5-3-16)22(26)27)30(28,29)21-12-10-20(24)11-13-21/h2-13,15H,14H2,1H3,(H,26,27)/t15-/m0/s1. The van der Waals surface area contributed by atoms with Crippen LogP contribution in [0.4, 0.5) is 0 Å². The molecule has 0 bridgehead atoms. The molecule has 0 aliphatic carbocycles. The van der Waals surface area contributed by atoms with Crippen molar-refractivity contribution in [1.82, 2.24) is 4.31 Å². The normalized spacial score (nSPS) is 12.7. The van der Waals surface area contributed by atoms with Gasteiger partial charge in [-0.05, 0) is 66.6 Å². The van der Waals surface area contributed by atoms with Crippen LogP contribution in [0.3, 0.4) is 0 Å². The molecule has 30 heavy (non-hydrogen) atoms. The largest absolute Gasteiger partial charge is 0.478 e. The number of nitrogens with zero attached hydrogens (tertiary/aromatic N) is 1. The van der Waals surface area contributed by atoms with Gasteiger partial charge in [0.15, 0.2) is 0 Å². The Morgan fingerprint density at radius 3 is 1.90 bits per heavy atom. The predicted molar refractivity (Wildman–Crippen MR) is 117 cm³/mol. The number of carboxylic acids is 1. The Morgan fingerprint density at radius 1 is 0.900 bits per heavy atom. The number of carbonyl (C=O) groups is 1. The molecule has 0 aliphatic rings. The highest BCUT2D eigenvalue weighted by molar-refractivity contribution is 7.89. The number of hydrogen-bond donors (Lipinski definition) is 1. The first-order chi connectivity index (χ1) is 14.2. The molecule has 0 saturated heterocycles. The van der Waals surface area contributed by atoms with Crippen LogP contribution in [0.5, 0.6) is 0 Å². The molecule has 8 heteroatoms. The lowest BCUT2D eigenvalue weighted by atomic mass is 10.1. The molecular formula is C22H19Cl2NO4S. The van der Waals surface area contributed by atoms with E-state index < -0.39 is 22.0 Å². The van der Waals surface area contributed by atoms with E-state index in [1.165, 1.54) is 40.7 Å². The summed E-state index contributed by atoms with van der Waals surface area (Å²) >= 11 is 11.9. The van der Waals surface area contributed by atoms with Gasteiger partial charge in [0.2, 0.25) is 10.0 Å². The Bertz CT molecular complexity index is 1130. The molecule has 3 aromatic carbocycles. The monoisotopic (exact) mass is 463 g/mol. The summed E-state index contributed by atoms with van der Waals surface area (Å²) in [6.45, 7) is 1.86. The third-order valence-electron chi connectivity index (χ3n) is 4.74. The van der Waals surface area contributed by atoms with Gasteiger partial charge < -0.3 is 5.11 Å². The van der Waals surface area contributed by atoms with E-state index in [0.717, 1.165) is 5.56 Å². The molecule has 0 radical (unpaired) electrons. The smallest absolute Gasteiger partial charge is 0.335 e. The quantitative estimate of drug-likeness (QED) is 0.491. The first-order valence-electron chi connectivity index (χ1n) is 9.03. The van der Waals surface area contributed by atoms with E-state index in [1.807, 2.05) is 0 Å². The highest BCUT2D eigenvalue weighted by atomic mass is 35.5. The Labute approximate surface area is 185 Å². The summed E-state index contributed by atoms with van der Waals surface area (Å²) in [7, 11) is -3.87. The van der Waals surface area contributed by atoms with E-state index in [2.05, 4.69) is 0 Å². The maximum absolute atomic E-state index is 13.5. The molecule has 3 aromatic rings. The number of aromatic carboxylic acids is 1. The number of hydrogen-bond acceptors (Lipinski definition) is 3. The van der Waals surface area contributed by atoms with Crippen LogP contribution < -0.4 is 0 Å². The molecular weight excluding hydrogens is 445 g/mol. The number of rotatable bonds is 7. The summed E-state index contributed by atoms with van der Waals surface area (Å²) in [6.07, 6.45) is 0.